The molecule has 1 fully saturated rings. The van der Waals surface area contributed by atoms with E-state index in [-0.39, 0.29) is 24.4 Å². The summed E-state index contributed by atoms with van der Waals surface area (Å²) in [5, 5.41) is 9.26. The van der Waals surface area contributed by atoms with Gasteiger partial charge in [-0.1, -0.05) is 61.2 Å². The van der Waals surface area contributed by atoms with Crippen molar-refractivity contribution in [3.63, 3.8) is 0 Å². The first-order valence-corrected chi connectivity index (χ1v) is 11.9. The van der Waals surface area contributed by atoms with Crippen LogP contribution in [0.4, 0.5) is 4.79 Å². The Labute approximate surface area is 210 Å². The molecule has 182 valence electrons. The summed E-state index contributed by atoms with van der Waals surface area (Å²) in [5.74, 6) is 1.06. The Kier molecular flexibility index (Phi) is 8.04. The Balaban J connectivity index is 1.52. The highest BCUT2D eigenvalue weighted by Gasteiger charge is 2.28. The molecule has 1 aliphatic heterocycles. The zero-order valence-corrected chi connectivity index (χ0v) is 20.2. The van der Waals surface area contributed by atoms with Crippen LogP contribution in [0.5, 0.6) is 0 Å². The summed E-state index contributed by atoms with van der Waals surface area (Å²) < 4.78 is 5.50. The number of rotatable bonds is 7. The molecule has 0 bridgehead atoms. The van der Waals surface area contributed by atoms with Crippen LogP contribution in [0.1, 0.15) is 48.6 Å². The number of amides is 1. The number of hydrogen-bond donors (Lipinski definition) is 1. The molecule has 0 spiro atoms. The lowest BCUT2D eigenvalue weighted by Crippen LogP contribution is -2.38. The lowest BCUT2D eigenvalue weighted by Gasteiger charge is -2.30. The fraction of sp³-hybridized carbons (Fsp3) is 0.250. The number of benzene rings is 1. The SMILES string of the molecule is C=C/C=C(\C=C/C)c1nc(C2CCN(C(=O)OCc3ccccc3)CC2)[nH]c1-c1ccnc(C#N)n1. The van der Waals surface area contributed by atoms with Gasteiger partial charge in [0.25, 0.3) is 0 Å². The van der Waals surface area contributed by atoms with Crippen molar-refractivity contribution in [3.8, 4) is 17.5 Å². The second-order valence-electron chi connectivity index (χ2n) is 8.38. The number of hydrogen-bond acceptors (Lipinski definition) is 6. The Bertz CT molecular complexity index is 1310. The van der Waals surface area contributed by atoms with Crippen molar-refractivity contribution in [1.82, 2.24) is 24.8 Å². The van der Waals surface area contributed by atoms with Crippen molar-refractivity contribution in [1.29, 1.82) is 5.26 Å². The van der Waals surface area contributed by atoms with Crippen LogP contribution in [0.25, 0.3) is 17.0 Å². The predicted octanol–water partition coefficient (Wildman–Crippen LogP) is 5.40. The van der Waals surface area contributed by atoms with Gasteiger partial charge in [-0.05, 0) is 31.4 Å². The number of imidazole rings is 1. The number of nitriles is 1. The minimum atomic E-state index is -0.299. The number of ether oxygens (including phenoxy) is 1. The highest BCUT2D eigenvalue weighted by Crippen LogP contribution is 2.33. The Morgan fingerprint density at radius 2 is 2.03 bits per heavy atom. The van der Waals surface area contributed by atoms with Crippen molar-refractivity contribution in [2.45, 2.75) is 32.3 Å². The van der Waals surface area contributed by atoms with E-state index in [1.54, 1.807) is 23.2 Å². The third-order valence-corrected chi connectivity index (χ3v) is 6.00. The normalized spacial score (nSPS) is 14.6. The molecule has 4 rings (SSSR count). The van der Waals surface area contributed by atoms with Gasteiger partial charge in [-0.3, -0.25) is 0 Å². The predicted molar refractivity (Wildman–Crippen MR) is 137 cm³/mol. The molecule has 0 aliphatic carbocycles. The molecular weight excluding hydrogens is 452 g/mol. The first-order valence-electron chi connectivity index (χ1n) is 11.9. The third-order valence-electron chi connectivity index (χ3n) is 6.00. The van der Waals surface area contributed by atoms with Gasteiger partial charge in [-0.15, -0.1) is 0 Å². The topological polar surface area (TPSA) is 108 Å². The van der Waals surface area contributed by atoms with E-state index in [0.29, 0.717) is 18.8 Å². The summed E-state index contributed by atoms with van der Waals surface area (Å²) in [6, 6.07) is 13.4. The van der Waals surface area contributed by atoms with Crippen LogP contribution in [0.15, 0.2) is 73.5 Å². The maximum Gasteiger partial charge on any atom is 0.410 e. The van der Waals surface area contributed by atoms with Crippen LogP contribution >= 0.6 is 0 Å². The van der Waals surface area contributed by atoms with Crippen LogP contribution in [0.3, 0.4) is 0 Å². The van der Waals surface area contributed by atoms with Crippen molar-refractivity contribution in [2.24, 2.45) is 0 Å². The van der Waals surface area contributed by atoms with Crippen LogP contribution in [-0.2, 0) is 11.3 Å². The van der Waals surface area contributed by atoms with Gasteiger partial charge in [-0.2, -0.15) is 5.26 Å². The van der Waals surface area contributed by atoms with E-state index in [1.165, 1.54) is 0 Å². The molecule has 3 aromatic rings. The zero-order valence-electron chi connectivity index (χ0n) is 20.2. The number of piperidine rings is 1. The molecule has 3 heterocycles. The summed E-state index contributed by atoms with van der Waals surface area (Å²) in [4.78, 5) is 31.1. The van der Waals surface area contributed by atoms with E-state index in [1.807, 2.05) is 61.6 Å². The summed E-state index contributed by atoms with van der Waals surface area (Å²) in [5.41, 5.74) is 3.89. The average molecular weight is 481 g/mol. The Morgan fingerprint density at radius 3 is 2.72 bits per heavy atom. The largest absolute Gasteiger partial charge is 0.445 e. The van der Waals surface area contributed by atoms with Gasteiger partial charge in [0.15, 0.2) is 0 Å². The molecule has 2 aromatic heterocycles. The highest BCUT2D eigenvalue weighted by atomic mass is 16.6. The van der Waals surface area contributed by atoms with Crippen LogP contribution in [0, 0.1) is 11.3 Å². The van der Waals surface area contributed by atoms with Crippen molar-refractivity contribution in [2.75, 3.05) is 13.1 Å². The Morgan fingerprint density at radius 1 is 1.25 bits per heavy atom. The summed E-state index contributed by atoms with van der Waals surface area (Å²) >= 11 is 0. The second-order valence-corrected chi connectivity index (χ2v) is 8.38. The third kappa shape index (κ3) is 5.76. The van der Waals surface area contributed by atoms with E-state index in [2.05, 4.69) is 21.5 Å². The highest BCUT2D eigenvalue weighted by molar-refractivity contribution is 5.81. The quantitative estimate of drug-likeness (QED) is 0.454. The van der Waals surface area contributed by atoms with Gasteiger partial charge in [0, 0.05) is 30.8 Å². The number of aromatic amines is 1. The minimum absolute atomic E-state index is 0.0946. The molecule has 1 amide bonds. The Hall–Kier alpha value is -4.51. The van der Waals surface area contributed by atoms with E-state index < -0.39 is 0 Å². The molecular formula is C28H28N6O2. The maximum atomic E-state index is 12.6. The number of H-pyrrole nitrogens is 1. The molecule has 8 heteroatoms. The smallest absolute Gasteiger partial charge is 0.410 e. The minimum Gasteiger partial charge on any atom is -0.445 e. The summed E-state index contributed by atoms with van der Waals surface area (Å²) in [7, 11) is 0. The van der Waals surface area contributed by atoms with Crippen molar-refractivity contribution in [3.05, 3.63) is 96.4 Å². The van der Waals surface area contributed by atoms with Gasteiger partial charge in [0.05, 0.1) is 17.1 Å². The number of allylic oxidation sites excluding steroid dienone is 5. The zero-order chi connectivity index (χ0) is 25.3. The number of carbonyl (C=O) groups excluding carboxylic acids is 1. The molecule has 1 aromatic carbocycles. The van der Waals surface area contributed by atoms with Crippen molar-refractivity contribution >= 4 is 11.7 Å². The summed E-state index contributed by atoms with van der Waals surface area (Å²) in [6.07, 6.45) is 10.3. The summed E-state index contributed by atoms with van der Waals surface area (Å²) in [6.45, 7) is 7.20. The van der Waals surface area contributed by atoms with Crippen LogP contribution in [0.2, 0.25) is 0 Å². The number of aromatic nitrogens is 4. The first kappa shape index (κ1) is 24.6. The van der Waals surface area contributed by atoms with Gasteiger partial charge in [0.1, 0.15) is 18.5 Å². The maximum absolute atomic E-state index is 12.6. The van der Waals surface area contributed by atoms with E-state index in [9.17, 15) is 10.1 Å². The van der Waals surface area contributed by atoms with Gasteiger partial charge < -0.3 is 14.6 Å². The molecule has 0 unspecified atom stereocenters. The number of carbonyl (C=O) groups is 1. The standard InChI is InChI=1S/C28H28N6O2/c1-3-8-21(9-4-2)25-26(23-12-15-30-24(18-29)31-23)33-27(32-25)22-13-16-34(17-14-22)28(35)36-19-20-10-6-5-7-11-20/h3-12,15,22H,1,13-14,16-17,19H2,2H3,(H,32,33)/b9-4-,21-8+. The lowest BCUT2D eigenvalue weighted by molar-refractivity contribution is 0.0866. The lowest BCUT2D eigenvalue weighted by atomic mass is 9.96. The number of likely N-dealkylation sites (tertiary alicyclic amines) is 1. The molecule has 8 nitrogen and oxygen atoms in total. The van der Waals surface area contributed by atoms with Crippen LogP contribution in [-0.4, -0.2) is 44.0 Å². The molecule has 1 aliphatic rings. The van der Waals surface area contributed by atoms with E-state index >= 15 is 0 Å². The average Bonchev–Trinajstić information content (AvgIpc) is 3.38. The molecule has 1 N–H and O–H groups in total. The van der Waals surface area contributed by atoms with Gasteiger partial charge in [0.2, 0.25) is 5.82 Å². The molecule has 0 saturated carbocycles. The monoisotopic (exact) mass is 480 g/mol. The number of nitrogens with zero attached hydrogens (tertiary/aromatic N) is 5. The van der Waals surface area contributed by atoms with Gasteiger partial charge >= 0.3 is 6.09 Å². The molecule has 0 radical (unpaired) electrons. The molecule has 1 saturated heterocycles. The number of nitrogens with one attached hydrogen (secondary N) is 1. The van der Waals surface area contributed by atoms with E-state index in [0.717, 1.165) is 41.2 Å². The molecule has 0 atom stereocenters. The van der Waals surface area contributed by atoms with E-state index in [4.69, 9.17) is 9.72 Å². The molecule has 36 heavy (non-hydrogen) atoms. The van der Waals surface area contributed by atoms with Crippen LogP contribution < -0.4 is 0 Å². The fourth-order valence-corrected chi connectivity index (χ4v) is 4.20. The fourth-order valence-electron chi connectivity index (χ4n) is 4.20. The van der Waals surface area contributed by atoms with Crippen molar-refractivity contribution < 1.29 is 9.53 Å². The second kappa shape index (κ2) is 11.8. The van der Waals surface area contributed by atoms with Gasteiger partial charge in [-0.25, -0.2) is 19.7 Å². The first-order chi connectivity index (χ1) is 17.6.